The van der Waals surface area contributed by atoms with Crippen molar-refractivity contribution >= 4 is 5.91 Å². The molecule has 0 radical (unpaired) electrons. The Balaban J connectivity index is 2.24. The Morgan fingerprint density at radius 1 is 1.35 bits per heavy atom. The standard InChI is InChI=1S/C17H15FN4O/c1-3-14-20-15(11-5-4-10(9-19)8-13(11)18)12-6-7-22(2)17(23)16(12)21-14/h4-5,8H,3,6-7H2,1-2H3. The Kier molecular flexibility index (Phi) is 3.78. The van der Waals surface area contributed by atoms with Gasteiger partial charge in [-0.15, -0.1) is 0 Å². The summed E-state index contributed by atoms with van der Waals surface area (Å²) in [7, 11) is 1.72. The number of aryl methyl sites for hydroxylation is 1. The summed E-state index contributed by atoms with van der Waals surface area (Å²) < 4.78 is 14.4. The normalized spacial score (nSPS) is 13.7. The summed E-state index contributed by atoms with van der Waals surface area (Å²) in [6.07, 6.45) is 1.13. The second-order valence-electron chi connectivity index (χ2n) is 5.45. The molecule has 5 nitrogen and oxygen atoms in total. The Bertz CT molecular complexity index is 841. The Morgan fingerprint density at radius 2 is 2.09 bits per heavy atom. The minimum atomic E-state index is -0.515. The summed E-state index contributed by atoms with van der Waals surface area (Å²) in [5.74, 6) is -0.178. The molecule has 0 fully saturated rings. The van der Waals surface area contributed by atoms with Gasteiger partial charge in [0.15, 0.2) is 0 Å². The zero-order valence-electron chi connectivity index (χ0n) is 12.9. The molecule has 116 valence electrons. The van der Waals surface area contributed by atoms with E-state index in [0.29, 0.717) is 47.7 Å². The quantitative estimate of drug-likeness (QED) is 0.853. The molecule has 1 aliphatic rings. The third-order valence-electron chi connectivity index (χ3n) is 3.97. The summed E-state index contributed by atoms with van der Waals surface area (Å²) in [5, 5.41) is 8.87. The number of nitriles is 1. The van der Waals surface area contributed by atoms with Crippen LogP contribution in [-0.4, -0.2) is 34.4 Å². The van der Waals surface area contributed by atoms with Crippen molar-refractivity contribution in [2.24, 2.45) is 0 Å². The summed E-state index contributed by atoms with van der Waals surface area (Å²) >= 11 is 0. The summed E-state index contributed by atoms with van der Waals surface area (Å²) in [6, 6.07) is 6.19. The van der Waals surface area contributed by atoms with Gasteiger partial charge in [0.05, 0.1) is 17.3 Å². The number of aromatic nitrogens is 2. The van der Waals surface area contributed by atoms with Crippen LogP contribution in [0, 0.1) is 17.1 Å². The number of carbonyl (C=O) groups excluding carboxylic acids is 1. The van der Waals surface area contributed by atoms with Gasteiger partial charge in [-0.25, -0.2) is 14.4 Å². The molecule has 2 heterocycles. The van der Waals surface area contributed by atoms with E-state index in [4.69, 9.17) is 5.26 Å². The second kappa shape index (κ2) is 5.76. The minimum Gasteiger partial charge on any atom is -0.340 e. The van der Waals surface area contributed by atoms with Crippen molar-refractivity contribution in [2.45, 2.75) is 19.8 Å². The molecule has 1 aromatic heterocycles. The fourth-order valence-electron chi connectivity index (χ4n) is 2.66. The number of hydrogen-bond acceptors (Lipinski definition) is 4. The predicted molar refractivity (Wildman–Crippen MR) is 82.2 cm³/mol. The third kappa shape index (κ3) is 2.55. The maximum absolute atomic E-state index is 14.4. The van der Waals surface area contributed by atoms with Crippen LogP contribution >= 0.6 is 0 Å². The van der Waals surface area contributed by atoms with Crippen LogP contribution in [0.1, 0.15) is 34.4 Å². The number of carbonyl (C=O) groups is 1. The molecule has 0 spiro atoms. The highest BCUT2D eigenvalue weighted by Crippen LogP contribution is 2.30. The molecule has 1 aliphatic heterocycles. The van der Waals surface area contributed by atoms with Crippen molar-refractivity contribution in [3.63, 3.8) is 0 Å². The van der Waals surface area contributed by atoms with Crippen LogP contribution in [-0.2, 0) is 12.8 Å². The fraction of sp³-hybridized carbons (Fsp3) is 0.294. The van der Waals surface area contributed by atoms with Crippen LogP contribution < -0.4 is 0 Å². The average molecular weight is 310 g/mol. The van der Waals surface area contributed by atoms with Crippen molar-refractivity contribution in [1.29, 1.82) is 5.26 Å². The largest absolute Gasteiger partial charge is 0.340 e. The molecular formula is C17H15FN4O. The number of hydrogen-bond donors (Lipinski definition) is 0. The highest BCUT2D eigenvalue weighted by molar-refractivity contribution is 5.96. The number of fused-ring (bicyclic) bond motifs is 1. The molecule has 1 amide bonds. The number of halogens is 1. The number of amides is 1. The van der Waals surface area contributed by atoms with Crippen LogP contribution in [0.4, 0.5) is 4.39 Å². The van der Waals surface area contributed by atoms with Gasteiger partial charge in [-0.2, -0.15) is 5.26 Å². The molecule has 6 heteroatoms. The van der Waals surface area contributed by atoms with E-state index in [1.165, 1.54) is 6.07 Å². The third-order valence-corrected chi connectivity index (χ3v) is 3.97. The van der Waals surface area contributed by atoms with Crippen LogP contribution in [0.3, 0.4) is 0 Å². The monoisotopic (exact) mass is 310 g/mol. The fourth-order valence-corrected chi connectivity index (χ4v) is 2.66. The summed E-state index contributed by atoms with van der Waals surface area (Å²) in [6.45, 7) is 2.43. The summed E-state index contributed by atoms with van der Waals surface area (Å²) in [4.78, 5) is 22.7. The molecule has 0 saturated heterocycles. The highest BCUT2D eigenvalue weighted by Gasteiger charge is 2.28. The lowest BCUT2D eigenvalue weighted by molar-refractivity contribution is 0.0773. The lowest BCUT2D eigenvalue weighted by Gasteiger charge is -2.26. The van der Waals surface area contributed by atoms with E-state index in [0.717, 1.165) is 0 Å². The first-order valence-corrected chi connectivity index (χ1v) is 7.40. The molecule has 0 unspecified atom stereocenters. The molecule has 1 aromatic carbocycles. The number of benzene rings is 1. The second-order valence-corrected chi connectivity index (χ2v) is 5.45. The molecule has 3 rings (SSSR count). The van der Waals surface area contributed by atoms with Crippen molar-refractivity contribution < 1.29 is 9.18 Å². The molecule has 0 atom stereocenters. The van der Waals surface area contributed by atoms with E-state index in [-0.39, 0.29) is 11.5 Å². The Morgan fingerprint density at radius 3 is 2.74 bits per heavy atom. The molecule has 0 saturated carbocycles. The maximum atomic E-state index is 14.4. The Hall–Kier alpha value is -2.81. The first-order valence-electron chi connectivity index (χ1n) is 7.40. The van der Waals surface area contributed by atoms with E-state index in [9.17, 15) is 9.18 Å². The lowest BCUT2D eigenvalue weighted by Crippen LogP contribution is -2.36. The zero-order valence-corrected chi connectivity index (χ0v) is 12.9. The van der Waals surface area contributed by atoms with Gasteiger partial charge in [-0.1, -0.05) is 6.92 Å². The first kappa shape index (κ1) is 15.1. The lowest BCUT2D eigenvalue weighted by atomic mass is 9.97. The van der Waals surface area contributed by atoms with E-state index in [1.807, 2.05) is 13.0 Å². The van der Waals surface area contributed by atoms with Gasteiger partial charge < -0.3 is 4.90 Å². The molecule has 2 aromatic rings. The Labute approximate surface area is 133 Å². The summed E-state index contributed by atoms with van der Waals surface area (Å²) in [5.41, 5.74) is 2.03. The van der Waals surface area contributed by atoms with Gasteiger partial charge in [-0.3, -0.25) is 4.79 Å². The van der Waals surface area contributed by atoms with Crippen LogP contribution in [0.2, 0.25) is 0 Å². The molecular weight excluding hydrogens is 295 g/mol. The molecule has 0 bridgehead atoms. The minimum absolute atomic E-state index is 0.168. The SMILES string of the molecule is CCc1nc2c(c(-c3ccc(C#N)cc3F)n1)CCN(C)C2=O. The van der Waals surface area contributed by atoms with Gasteiger partial charge >= 0.3 is 0 Å². The van der Waals surface area contributed by atoms with Crippen LogP contribution in [0.5, 0.6) is 0 Å². The van der Waals surface area contributed by atoms with Gasteiger partial charge in [0, 0.05) is 31.1 Å². The molecule has 0 N–H and O–H groups in total. The van der Waals surface area contributed by atoms with E-state index >= 15 is 0 Å². The number of likely N-dealkylation sites (N-methyl/N-ethyl adjacent to an activating group) is 1. The zero-order chi connectivity index (χ0) is 16.6. The van der Waals surface area contributed by atoms with Gasteiger partial charge in [0.1, 0.15) is 17.3 Å². The van der Waals surface area contributed by atoms with E-state index < -0.39 is 5.82 Å². The maximum Gasteiger partial charge on any atom is 0.272 e. The average Bonchev–Trinajstić information content (AvgIpc) is 2.57. The van der Waals surface area contributed by atoms with E-state index in [1.54, 1.807) is 24.1 Å². The van der Waals surface area contributed by atoms with E-state index in [2.05, 4.69) is 9.97 Å². The molecule has 0 aliphatic carbocycles. The highest BCUT2D eigenvalue weighted by atomic mass is 19.1. The van der Waals surface area contributed by atoms with Gasteiger partial charge in [0.25, 0.3) is 5.91 Å². The molecule has 23 heavy (non-hydrogen) atoms. The van der Waals surface area contributed by atoms with Crippen molar-refractivity contribution in [2.75, 3.05) is 13.6 Å². The van der Waals surface area contributed by atoms with Crippen molar-refractivity contribution in [3.05, 3.63) is 46.7 Å². The van der Waals surface area contributed by atoms with Crippen molar-refractivity contribution in [1.82, 2.24) is 14.9 Å². The number of rotatable bonds is 2. The van der Waals surface area contributed by atoms with Gasteiger partial charge in [-0.05, 0) is 24.6 Å². The van der Waals surface area contributed by atoms with Crippen LogP contribution in [0.25, 0.3) is 11.3 Å². The number of nitrogens with zero attached hydrogens (tertiary/aromatic N) is 4. The topological polar surface area (TPSA) is 69.9 Å². The van der Waals surface area contributed by atoms with Crippen LogP contribution in [0.15, 0.2) is 18.2 Å². The van der Waals surface area contributed by atoms with Gasteiger partial charge in [0.2, 0.25) is 0 Å². The smallest absolute Gasteiger partial charge is 0.272 e. The predicted octanol–water partition coefficient (Wildman–Crippen LogP) is 2.34. The first-order chi connectivity index (χ1) is 11.0. The van der Waals surface area contributed by atoms with Crippen molar-refractivity contribution in [3.8, 4) is 17.3 Å².